The van der Waals surface area contributed by atoms with Gasteiger partial charge in [0.05, 0.1) is 0 Å². The molecule has 0 atom stereocenters. The van der Waals surface area contributed by atoms with Crippen LogP contribution in [-0.4, -0.2) is 31.7 Å². The monoisotopic (exact) mass is 171 g/mol. The molecule has 70 valence electrons. The fraction of sp³-hybridized carbons (Fsp3) is 0.667. The Morgan fingerprint density at radius 2 is 2.08 bits per heavy atom. The second kappa shape index (κ2) is 6.70. The quantitative estimate of drug-likeness (QED) is 0.606. The molecule has 0 bridgehead atoms. The molecule has 0 radical (unpaired) electrons. The summed E-state index contributed by atoms with van der Waals surface area (Å²) in [6.45, 7) is 2.48. The minimum atomic E-state index is -0.295. The van der Waals surface area contributed by atoms with E-state index in [0.717, 1.165) is 12.8 Å². The number of hydrogen-bond donors (Lipinski definition) is 0. The maximum absolute atomic E-state index is 10.8. The number of allylic oxidation sites excluding steroid dienone is 1. The van der Waals surface area contributed by atoms with Crippen molar-refractivity contribution in [3.63, 3.8) is 0 Å². The standard InChI is InChI=1S/C9H17NO2/c1-4-5-6-7-8-12-9(11)10(2)3/h6-7H,4-5,8H2,1-3H3. The zero-order valence-corrected chi connectivity index (χ0v) is 8.04. The van der Waals surface area contributed by atoms with Crippen LogP contribution in [0.5, 0.6) is 0 Å². The molecule has 0 N–H and O–H groups in total. The van der Waals surface area contributed by atoms with E-state index in [9.17, 15) is 4.79 Å². The first kappa shape index (κ1) is 11.0. The van der Waals surface area contributed by atoms with Crippen molar-refractivity contribution >= 4 is 6.09 Å². The fourth-order valence-corrected chi connectivity index (χ4v) is 0.601. The number of carbonyl (C=O) groups excluding carboxylic acids is 1. The number of nitrogens with zero attached hydrogens (tertiary/aromatic N) is 1. The van der Waals surface area contributed by atoms with Crippen LogP contribution in [0.2, 0.25) is 0 Å². The highest BCUT2D eigenvalue weighted by atomic mass is 16.5. The molecule has 0 aliphatic heterocycles. The van der Waals surface area contributed by atoms with Crippen molar-refractivity contribution in [1.82, 2.24) is 4.90 Å². The van der Waals surface area contributed by atoms with Crippen molar-refractivity contribution in [2.45, 2.75) is 19.8 Å². The molecule has 3 nitrogen and oxygen atoms in total. The highest BCUT2D eigenvalue weighted by Gasteiger charge is 2.00. The molecule has 0 heterocycles. The molecule has 12 heavy (non-hydrogen) atoms. The van der Waals surface area contributed by atoms with E-state index in [1.54, 1.807) is 14.1 Å². The summed E-state index contributed by atoms with van der Waals surface area (Å²) in [5.41, 5.74) is 0. The topological polar surface area (TPSA) is 29.5 Å². The molecule has 0 rings (SSSR count). The average molecular weight is 171 g/mol. The van der Waals surface area contributed by atoms with E-state index in [0.29, 0.717) is 6.61 Å². The number of amides is 1. The number of unbranched alkanes of at least 4 members (excludes halogenated alkanes) is 1. The third-order valence-electron chi connectivity index (χ3n) is 1.29. The van der Waals surface area contributed by atoms with Gasteiger partial charge in [0.15, 0.2) is 0 Å². The van der Waals surface area contributed by atoms with Gasteiger partial charge in [-0.1, -0.05) is 25.5 Å². The van der Waals surface area contributed by atoms with E-state index in [1.807, 2.05) is 12.2 Å². The Balaban J connectivity index is 3.37. The largest absolute Gasteiger partial charge is 0.445 e. The maximum Gasteiger partial charge on any atom is 0.409 e. The van der Waals surface area contributed by atoms with Crippen molar-refractivity contribution in [1.29, 1.82) is 0 Å². The Morgan fingerprint density at radius 3 is 2.58 bits per heavy atom. The van der Waals surface area contributed by atoms with Crippen LogP contribution >= 0.6 is 0 Å². The van der Waals surface area contributed by atoms with E-state index in [4.69, 9.17) is 4.74 Å². The van der Waals surface area contributed by atoms with Crippen LogP contribution in [0.4, 0.5) is 4.79 Å². The SMILES string of the molecule is CCCC=CCOC(=O)N(C)C. The van der Waals surface area contributed by atoms with Crippen LogP contribution in [0, 0.1) is 0 Å². The molecule has 0 fully saturated rings. The van der Waals surface area contributed by atoms with Gasteiger partial charge in [-0.15, -0.1) is 0 Å². The Morgan fingerprint density at radius 1 is 1.42 bits per heavy atom. The van der Waals surface area contributed by atoms with Gasteiger partial charge < -0.3 is 9.64 Å². The Hall–Kier alpha value is -0.990. The summed E-state index contributed by atoms with van der Waals surface area (Å²) in [5.74, 6) is 0. The van der Waals surface area contributed by atoms with Crippen LogP contribution in [0.15, 0.2) is 12.2 Å². The second-order valence-corrected chi connectivity index (χ2v) is 2.73. The van der Waals surface area contributed by atoms with E-state index in [2.05, 4.69) is 6.92 Å². The first-order valence-corrected chi connectivity index (χ1v) is 4.17. The molecule has 0 aromatic rings. The molecule has 0 spiro atoms. The zero-order valence-electron chi connectivity index (χ0n) is 8.04. The predicted octanol–water partition coefficient (Wildman–Crippen LogP) is 2.04. The lowest BCUT2D eigenvalue weighted by Crippen LogP contribution is -2.22. The summed E-state index contributed by atoms with van der Waals surface area (Å²) < 4.78 is 4.85. The molecule has 0 saturated heterocycles. The van der Waals surface area contributed by atoms with Gasteiger partial charge in [0.1, 0.15) is 6.61 Å². The smallest absolute Gasteiger partial charge is 0.409 e. The van der Waals surface area contributed by atoms with Crippen molar-refractivity contribution in [2.75, 3.05) is 20.7 Å². The predicted molar refractivity (Wildman–Crippen MR) is 49.1 cm³/mol. The molecular weight excluding hydrogens is 154 g/mol. The summed E-state index contributed by atoms with van der Waals surface area (Å²) in [7, 11) is 3.33. The van der Waals surface area contributed by atoms with Crippen LogP contribution in [0.25, 0.3) is 0 Å². The van der Waals surface area contributed by atoms with Crippen molar-refractivity contribution in [2.24, 2.45) is 0 Å². The maximum atomic E-state index is 10.8. The van der Waals surface area contributed by atoms with Crippen LogP contribution in [0.3, 0.4) is 0 Å². The summed E-state index contributed by atoms with van der Waals surface area (Å²) >= 11 is 0. The number of hydrogen-bond acceptors (Lipinski definition) is 2. The van der Waals surface area contributed by atoms with Gasteiger partial charge in [-0.3, -0.25) is 0 Å². The Kier molecular flexibility index (Phi) is 6.15. The lowest BCUT2D eigenvalue weighted by molar-refractivity contribution is 0.129. The minimum absolute atomic E-state index is 0.295. The molecule has 3 heteroatoms. The van der Waals surface area contributed by atoms with Crippen LogP contribution < -0.4 is 0 Å². The molecular formula is C9H17NO2. The molecule has 0 aliphatic rings. The van der Waals surface area contributed by atoms with Crippen LogP contribution in [-0.2, 0) is 4.74 Å². The zero-order chi connectivity index (χ0) is 9.40. The Labute approximate surface area is 74.0 Å². The van der Waals surface area contributed by atoms with Crippen molar-refractivity contribution in [3.8, 4) is 0 Å². The Bertz CT molecular complexity index is 153. The molecule has 0 aromatic carbocycles. The third-order valence-corrected chi connectivity index (χ3v) is 1.29. The molecule has 0 unspecified atom stereocenters. The van der Waals surface area contributed by atoms with Gasteiger partial charge >= 0.3 is 6.09 Å². The average Bonchev–Trinajstić information content (AvgIpc) is 2.03. The molecule has 0 saturated carbocycles. The number of carbonyl (C=O) groups is 1. The second-order valence-electron chi connectivity index (χ2n) is 2.73. The summed E-state index contributed by atoms with van der Waals surface area (Å²) in [6.07, 6.45) is 5.75. The normalized spacial score (nSPS) is 10.2. The van der Waals surface area contributed by atoms with Crippen LogP contribution in [0.1, 0.15) is 19.8 Å². The van der Waals surface area contributed by atoms with Gasteiger partial charge in [-0.2, -0.15) is 0 Å². The van der Waals surface area contributed by atoms with Gasteiger partial charge in [0.25, 0.3) is 0 Å². The fourth-order valence-electron chi connectivity index (χ4n) is 0.601. The summed E-state index contributed by atoms with van der Waals surface area (Å²) in [4.78, 5) is 12.3. The highest BCUT2D eigenvalue weighted by Crippen LogP contribution is 1.90. The van der Waals surface area contributed by atoms with E-state index >= 15 is 0 Å². The number of rotatable bonds is 4. The summed E-state index contributed by atoms with van der Waals surface area (Å²) in [5, 5.41) is 0. The van der Waals surface area contributed by atoms with Crippen molar-refractivity contribution < 1.29 is 9.53 Å². The van der Waals surface area contributed by atoms with E-state index < -0.39 is 0 Å². The number of ether oxygens (including phenoxy) is 1. The highest BCUT2D eigenvalue weighted by molar-refractivity contribution is 5.66. The van der Waals surface area contributed by atoms with Gasteiger partial charge in [-0.25, -0.2) is 4.79 Å². The lowest BCUT2D eigenvalue weighted by Gasteiger charge is -2.08. The molecule has 0 aromatic heterocycles. The molecule has 0 aliphatic carbocycles. The third kappa shape index (κ3) is 5.77. The minimum Gasteiger partial charge on any atom is -0.445 e. The van der Waals surface area contributed by atoms with Gasteiger partial charge in [-0.05, 0) is 6.42 Å². The van der Waals surface area contributed by atoms with Gasteiger partial charge in [0, 0.05) is 14.1 Å². The first-order valence-electron chi connectivity index (χ1n) is 4.17. The van der Waals surface area contributed by atoms with E-state index in [-0.39, 0.29) is 6.09 Å². The van der Waals surface area contributed by atoms with E-state index in [1.165, 1.54) is 4.90 Å². The summed E-state index contributed by atoms with van der Waals surface area (Å²) in [6, 6.07) is 0. The van der Waals surface area contributed by atoms with Gasteiger partial charge in [0.2, 0.25) is 0 Å². The molecule has 1 amide bonds. The van der Waals surface area contributed by atoms with Crippen molar-refractivity contribution in [3.05, 3.63) is 12.2 Å². The first-order chi connectivity index (χ1) is 5.68. The lowest BCUT2D eigenvalue weighted by atomic mass is 10.3.